The molecule has 0 aromatic rings. The van der Waals surface area contributed by atoms with E-state index in [1.807, 2.05) is 27.7 Å². The van der Waals surface area contributed by atoms with Gasteiger partial charge in [0.2, 0.25) is 0 Å². The summed E-state index contributed by atoms with van der Waals surface area (Å²) in [5.41, 5.74) is 10.4. The summed E-state index contributed by atoms with van der Waals surface area (Å²) in [5, 5.41) is 8.36. The molecule has 0 aliphatic carbocycles. The maximum Gasteiger partial charge on any atom is 0.320 e. The molecule has 0 aliphatic rings. The van der Waals surface area contributed by atoms with Crippen LogP contribution in [-0.2, 0) is 4.79 Å². The Bertz CT molecular complexity index is 135. The highest BCUT2D eigenvalue weighted by atomic mass is 16.4. The lowest BCUT2D eigenvalue weighted by Crippen LogP contribution is -2.36. The van der Waals surface area contributed by atoms with E-state index >= 15 is 0 Å². The standard InChI is InChI=1S/C6H13NO2.C3H9N/c1-3-4(2)5(7)6(8)9;1-3(2)4/h4-5H,3,7H2,1-2H3,(H,8,9);3H,4H2,1-2H3/t4-,5-;/m0./s1. The molecule has 0 spiro atoms. The first-order valence-electron chi connectivity index (χ1n) is 4.56. The third-order valence-corrected chi connectivity index (χ3v) is 1.54. The molecule has 0 aromatic carbocycles. The minimum atomic E-state index is -0.913. The molecule has 2 atom stereocenters. The van der Waals surface area contributed by atoms with E-state index in [0.717, 1.165) is 6.42 Å². The quantitative estimate of drug-likeness (QED) is 0.614. The number of nitrogens with two attached hydrogens (primary N) is 2. The molecular formula is C9H22N2O2. The normalized spacial score (nSPS) is 14.4. The minimum Gasteiger partial charge on any atom is -0.480 e. The number of carboxylic acids is 1. The summed E-state index contributed by atoms with van der Waals surface area (Å²) in [6, 6.07) is -0.366. The van der Waals surface area contributed by atoms with Crippen molar-refractivity contribution >= 4 is 5.97 Å². The van der Waals surface area contributed by atoms with Gasteiger partial charge in [-0.15, -0.1) is 0 Å². The molecule has 4 heteroatoms. The lowest BCUT2D eigenvalue weighted by atomic mass is 10.0. The predicted octanol–water partition coefficient (Wildman–Crippen LogP) is 0.798. The molecule has 80 valence electrons. The van der Waals surface area contributed by atoms with Gasteiger partial charge in [0.1, 0.15) is 6.04 Å². The number of carbonyl (C=O) groups is 1. The average molecular weight is 190 g/mol. The van der Waals surface area contributed by atoms with Gasteiger partial charge >= 0.3 is 5.97 Å². The van der Waals surface area contributed by atoms with Crippen molar-refractivity contribution in [3.63, 3.8) is 0 Å². The van der Waals surface area contributed by atoms with Crippen molar-refractivity contribution in [2.75, 3.05) is 0 Å². The summed E-state index contributed by atoms with van der Waals surface area (Å²) in [6.45, 7) is 7.65. The van der Waals surface area contributed by atoms with E-state index in [4.69, 9.17) is 16.6 Å². The van der Waals surface area contributed by atoms with Gasteiger partial charge in [0.25, 0.3) is 0 Å². The molecule has 0 heterocycles. The molecule has 0 amide bonds. The second-order valence-corrected chi connectivity index (χ2v) is 3.49. The molecule has 0 aliphatic heterocycles. The number of aliphatic carboxylic acids is 1. The first kappa shape index (κ1) is 14.9. The summed E-state index contributed by atoms with van der Waals surface area (Å²) < 4.78 is 0. The molecule has 0 radical (unpaired) electrons. The van der Waals surface area contributed by atoms with Gasteiger partial charge in [-0.2, -0.15) is 0 Å². The molecule has 0 rings (SSSR count). The number of hydrogen-bond acceptors (Lipinski definition) is 3. The van der Waals surface area contributed by atoms with Crippen molar-refractivity contribution in [2.24, 2.45) is 17.4 Å². The van der Waals surface area contributed by atoms with Crippen molar-refractivity contribution in [1.29, 1.82) is 0 Å². The number of hydrogen-bond donors (Lipinski definition) is 3. The molecule has 0 bridgehead atoms. The Hall–Kier alpha value is -0.610. The molecule has 0 fully saturated rings. The van der Waals surface area contributed by atoms with Crippen LogP contribution in [0.1, 0.15) is 34.1 Å². The van der Waals surface area contributed by atoms with Crippen molar-refractivity contribution in [3.05, 3.63) is 0 Å². The highest BCUT2D eigenvalue weighted by Crippen LogP contribution is 2.04. The van der Waals surface area contributed by atoms with Crippen LogP contribution < -0.4 is 11.5 Å². The van der Waals surface area contributed by atoms with Gasteiger partial charge in [0.05, 0.1) is 0 Å². The Morgan fingerprint density at radius 2 is 1.62 bits per heavy atom. The SMILES string of the molecule is CC(C)N.CC[C@H](C)[C@H](N)C(=O)O. The van der Waals surface area contributed by atoms with Gasteiger partial charge in [-0.3, -0.25) is 4.79 Å². The Kier molecular flexibility index (Phi) is 9.17. The summed E-state index contributed by atoms with van der Waals surface area (Å²) >= 11 is 0. The second-order valence-electron chi connectivity index (χ2n) is 3.49. The van der Waals surface area contributed by atoms with Crippen LogP contribution in [0, 0.1) is 5.92 Å². The van der Waals surface area contributed by atoms with E-state index in [2.05, 4.69) is 0 Å². The van der Waals surface area contributed by atoms with Crippen LogP contribution in [-0.4, -0.2) is 23.2 Å². The van der Waals surface area contributed by atoms with E-state index in [-0.39, 0.29) is 5.92 Å². The van der Waals surface area contributed by atoms with Gasteiger partial charge in [-0.25, -0.2) is 0 Å². The van der Waals surface area contributed by atoms with Gasteiger partial charge in [-0.1, -0.05) is 34.1 Å². The fourth-order valence-corrected chi connectivity index (χ4v) is 0.497. The Morgan fingerprint density at radius 1 is 1.31 bits per heavy atom. The summed E-state index contributed by atoms with van der Waals surface area (Å²) in [5.74, 6) is -0.841. The summed E-state index contributed by atoms with van der Waals surface area (Å²) in [7, 11) is 0. The fraction of sp³-hybridized carbons (Fsp3) is 0.889. The second kappa shape index (κ2) is 8.01. The molecular weight excluding hydrogens is 168 g/mol. The van der Waals surface area contributed by atoms with E-state index in [1.165, 1.54) is 0 Å². The van der Waals surface area contributed by atoms with Crippen molar-refractivity contribution in [3.8, 4) is 0 Å². The van der Waals surface area contributed by atoms with Crippen LogP contribution in [0.25, 0.3) is 0 Å². The smallest absolute Gasteiger partial charge is 0.320 e. The first-order valence-corrected chi connectivity index (χ1v) is 4.56. The zero-order chi connectivity index (χ0) is 11.0. The lowest BCUT2D eigenvalue weighted by Gasteiger charge is -2.11. The van der Waals surface area contributed by atoms with Crippen LogP contribution in [0.2, 0.25) is 0 Å². The minimum absolute atomic E-state index is 0.0718. The number of rotatable bonds is 3. The first-order chi connectivity index (χ1) is 5.82. The van der Waals surface area contributed by atoms with Crippen LogP contribution in [0.15, 0.2) is 0 Å². The van der Waals surface area contributed by atoms with Crippen LogP contribution in [0.3, 0.4) is 0 Å². The maximum absolute atomic E-state index is 10.2. The average Bonchev–Trinajstić information content (AvgIpc) is 2.00. The van der Waals surface area contributed by atoms with E-state index in [0.29, 0.717) is 6.04 Å². The van der Waals surface area contributed by atoms with Gasteiger partial charge in [0, 0.05) is 0 Å². The molecule has 13 heavy (non-hydrogen) atoms. The van der Waals surface area contributed by atoms with Gasteiger partial charge in [0.15, 0.2) is 0 Å². The van der Waals surface area contributed by atoms with Crippen molar-refractivity contribution in [2.45, 2.75) is 46.2 Å². The molecule has 0 unspecified atom stereocenters. The Balaban J connectivity index is 0. The molecule has 0 saturated carbocycles. The zero-order valence-corrected chi connectivity index (χ0v) is 8.95. The van der Waals surface area contributed by atoms with E-state index < -0.39 is 12.0 Å². The van der Waals surface area contributed by atoms with E-state index in [9.17, 15) is 4.79 Å². The van der Waals surface area contributed by atoms with Gasteiger partial charge in [-0.05, 0) is 12.0 Å². The van der Waals surface area contributed by atoms with Gasteiger partial charge < -0.3 is 16.6 Å². The predicted molar refractivity (Wildman–Crippen MR) is 54.4 cm³/mol. The third-order valence-electron chi connectivity index (χ3n) is 1.54. The molecule has 4 nitrogen and oxygen atoms in total. The molecule has 5 N–H and O–H groups in total. The zero-order valence-electron chi connectivity index (χ0n) is 8.95. The maximum atomic E-state index is 10.2. The van der Waals surface area contributed by atoms with E-state index in [1.54, 1.807) is 0 Å². The highest BCUT2D eigenvalue weighted by molar-refractivity contribution is 5.73. The monoisotopic (exact) mass is 190 g/mol. The van der Waals surface area contributed by atoms with Crippen molar-refractivity contribution in [1.82, 2.24) is 0 Å². The van der Waals surface area contributed by atoms with Crippen LogP contribution in [0.4, 0.5) is 0 Å². The molecule has 0 aromatic heterocycles. The fourth-order valence-electron chi connectivity index (χ4n) is 0.497. The summed E-state index contributed by atoms with van der Waals surface area (Å²) in [4.78, 5) is 10.2. The number of carboxylic acid groups (broad SMARTS) is 1. The largest absolute Gasteiger partial charge is 0.480 e. The van der Waals surface area contributed by atoms with Crippen LogP contribution in [0.5, 0.6) is 0 Å². The third kappa shape index (κ3) is 11.4. The Labute approximate surface area is 80.3 Å². The van der Waals surface area contributed by atoms with Crippen molar-refractivity contribution < 1.29 is 9.90 Å². The highest BCUT2D eigenvalue weighted by Gasteiger charge is 2.17. The Morgan fingerprint density at radius 3 is 1.69 bits per heavy atom. The molecule has 0 saturated heterocycles. The summed E-state index contributed by atoms with van der Waals surface area (Å²) in [6.07, 6.45) is 0.813. The van der Waals surface area contributed by atoms with Crippen LogP contribution >= 0.6 is 0 Å². The lowest BCUT2D eigenvalue weighted by molar-refractivity contribution is -0.139. The topological polar surface area (TPSA) is 89.3 Å².